The maximum Gasteiger partial charge on any atom is 0.280 e. The third-order valence-electron chi connectivity index (χ3n) is 5.15. The molecule has 1 saturated heterocycles. The Bertz CT molecular complexity index is 1100. The summed E-state index contributed by atoms with van der Waals surface area (Å²) in [6.45, 7) is 4.29. The van der Waals surface area contributed by atoms with E-state index in [0.29, 0.717) is 43.4 Å². The summed E-state index contributed by atoms with van der Waals surface area (Å²) in [4.78, 5) is 21.0. The summed E-state index contributed by atoms with van der Waals surface area (Å²) < 4.78 is 40.8. The van der Waals surface area contributed by atoms with Gasteiger partial charge in [-0.15, -0.1) is 0 Å². The van der Waals surface area contributed by atoms with Crippen molar-refractivity contribution in [1.82, 2.24) is 24.4 Å². The Labute approximate surface area is 175 Å². The highest BCUT2D eigenvalue weighted by molar-refractivity contribution is 6.31. The van der Waals surface area contributed by atoms with Crippen molar-refractivity contribution in [3.05, 3.63) is 63.8 Å². The lowest BCUT2D eigenvalue weighted by Crippen LogP contribution is -2.48. The van der Waals surface area contributed by atoms with Crippen molar-refractivity contribution < 1.29 is 18.0 Å². The molecule has 4 rings (SSSR count). The number of nitrogens with zero attached hydrogens (tertiary/aromatic N) is 5. The van der Waals surface area contributed by atoms with Gasteiger partial charge in [0, 0.05) is 43.4 Å². The van der Waals surface area contributed by atoms with Gasteiger partial charge in [0.2, 0.25) is 0 Å². The van der Waals surface area contributed by atoms with Gasteiger partial charge in [-0.3, -0.25) is 9.69 Å². The Kier molecular flexibility index (Phi) is 5.66. The maximum absolute atomic E-state index is 13.3. The zero-order chi connectivity index (χ0) is 21.4. The number of fused-ring (bicyclic) bond motifs is 1. The molecule has 30 heavy (non-hydrogen) atoms. The number of carbonyl (C=O) groups is 1. The molecule has 0 N–H and O–H groups in total. The fourth-order valence-electron chi connectivity index (χ4n) is 3.59. The molecule has 1 amide bonds. The topological polar surface area (TPSA) is 53.7 Å². The van der Waals surface area contributed by atoms with E-state index in [2.05, 4.69) is 15.0 Å². The van der Waals surface area contributed by atoms with Gasteiger partial charge < -0.3 is 4.90 Å². The van der Waals surface area contributed by atoms with Gasteiger partial charge in [-0.05, 0) is 30.7 Å². The van der Waals surface area contributed by atoms with Crippen LogP contribution in [0, 0.1) is 12.7 Å². The first-order chi connectivity index (χ1) is 14.3. The number of amides is 1. The predicted molar refractivity (Wildman–Crippen MR) is 105 cm³/mol. The lowest BCUT2D eigenvalue weighted by atomic mass is 10.2. The molecule has 3 aromatic rings. The first-order valence-electron chi connectivity index (χ1n) is 9.42. The van der Waals surface area contributed by atoms with E-state index in [9.17, 15) is 18.0 Å². The molecule has 1 fully saturated rings. The normalized spacial score (nSPS) is 15.3. The summed E-state index contributed by atoms with van der Waals surface area (Å²) in [7, 11) is 0. The summed E-state index contributed by atoms with van der Waals surface area (Å²) in [6.07, 6.45) is -1.43. The molecule has 0 saturated carbocycles. The number of aromatic nitrogens is 3. The monoisotopic (exact) mass is 437 g/mol. The highest BCUT2D eigenvalue weighted by Crippen LogP contribution is 2.23. The number of alkyl halides is 2. The molecule has 0 bridgehead atoms. The third kappa shape index (κ3) is 3.99. The molecule has 1 aliphatic rings. The first-order valence-corrected chi connectivity index (χ1v) is 9.80. The van der Waals surface area contributed by atoms with Gasteiger partial charge in [0.05, 0.1) is 6.20 Å². The number of hydrogen-bond acceptors (Lipinski definition) is 4. The van der Waals surface area contributed by atoms with Crippen molar-refractivity contribution in [2.24, 2.45) is 0 Å². The van der Waals surface area contributed by atoms with E-state index < -0.39 is 6.43 Å². The molecule has 0 radical (unpaired) electrons. The molecular formula is C20H19ClF3N5O. The highest BCUT2D eigenvalue weighted by atomic mass is 35.5. The molecule has 158 valence electrons. The summed E-state index contributed by atoms with van der Waals surface area (Å²) in [5.41, 5.74) is 1.26. The number of piperazine rings is 1. The van der Waals surface area contributed by atoms with Gasteiger partial charge in [-0.25, -0.2) is 22.7 Å². The van der Waals surface area contributed by atoms with E-state index in [-0.39, 0.29) is 28.6 Å². The fourth-order valence-corrected chi connectivity index (χ4v) is 3.82. The molecule has 0 unspecified atom stereocenters. The molecule has 1 aromatic carbocycles. The average molecular weight is 438 g/mol. The molecule has 0 aliphatic carbocycles. The molecule has 0 spiro atoms. The van der Waals surface area contributed by atoms with Crippen molar-refractivity contribution in [3.8, 4) is 0 Å². The third-order valence-corrected chi connectivity index (χ3v) is 5.50. The van der Waals surface area contributed by atoms with Crippen molar-refractivity contribution in [1.29, 1.82) is 0 Å². The lowest BCUT2D eigenvalue weighted by Gasteiger charge is -2.34. The number of rotatable bonds is 4. The van der Waals surface area contributed by atoms with Crippen LogP contribution in [0.25, 0.3) is 5.65 Å². The molecule has 10 heteroatoms. The molecule has 3 heterocycles. The van der Waals surface area contributed by atoms with Crippen LogP contribution in [0.3, 0.4) is 0 Å². The van der Waals surface area contributed by atoms with Crippen LogP contribution in [0.2, 0.25) is 5.02 Å². The Morgan fingerprint density at radius 3 is 2.60 bits per heavy atom. The smallest absolute Gasteiger partial charge is 0.280 e. The van der Waals surface area contributed by atoms with Gasteiger partial charge in [-0.2, -0.15) is 5.10 Å². The van der Waals surface area contributed by atoms with Gasteiger partial charge in [0.1, 0.15) is 17.1 Å². The van der Waals surface area contributed by atoms with Crippen LogP contribution < -0.4 is 0 Å². The minimum atomic E-state index is -2.72. The van der Waals surface area contributed by atoms with Crippen molar-refractivity contribution >= 4 is 23.2 Å². The van der Waals surface area contributed by atoms with E-state index in [1.165, 1.54) is 24.4 Å². The van der Waals surface area contributed by atoms with E-state index in [0.717, 1.165) is 10.1 Å². The molecule has 1 aliphatic heterocycles. The Morgan fingerprint density at radius 1 is 1.20 bits per heavy atom. The van der Waals surface area contributed by atoms with E-state index in [4.69, 9.17) is 11.6 Å². The minimum Gasteiger partial charge on any atom is -0.336 e. The Morgan fingerprint density at radius 2 is 1.93 bits per heavy atom. The van der Waals surface area contributed by atoms with Gasteiger partial charge in [0.25, 0.3) is 12.3 Å². The van der Waals surface area contributed by atoms with Crippen LogP contribution in [0.1, 0.15) is 33.7 Å². The van der Waals surface area contributed by atoms with Crippen LogP contribution in [-0.4, -0.2) is 56.5 Å². The summed E-state index contributed by atoms with van der Waals surface area (Å²) in [6, 6.07) is 5.57. The molecule has 6 nitrogen and oxygen atoms in total. The predicted octanol–water partition coefficient (Wildman–Crippen LogP) is 3.73. The number of hydrogen-bond donors (Lipinski definition) is 0. The minimum absolute atomic E-state index is 0.135. The first kappa shape index (κ1) is 20.6. The van der Waals surface area contributed by atoms with Crippen LogP contribution in [0.5, 0.6) is 0 Å². The maximum atomic E-state index is 13.3. The van der Waals surface area contributed by atoms with Crippen LogP contribution in [0.15, 0.2) is 30.5 Å². The number of aryl methyl sites for hydroxylation is 1. The van der Waals surface area contributed by atoms with Crippen molar-refractivity contribution in [2.45, 2.75) is 19.9 Å². The van der Waals surface area contributed by atoms with Crippen LogP contribution in [0.4, 0.5) is 13.2 Å². The standard InChI is InChI=1S/C20H19ClF3N5O/c1-12-8-17(18(23)24)29-19(26-12)15(10-25-29)20(30)28-6-4-27(5-7-28)11-13-2-3-14(22)9-16(13)21/h2-3,8-10,18H,4-7,11H2,1H3. The van der Waals surface area contributed by atoms with Crippen molar-refractivity contribution in [2.75, 3.05) is 26.2 Å². The largest absolute Gasteiger partial charge is 0.336 e. The number of carbonyl (C=O) groups excluding carboxylic acids is 1. The molecule has 0 atom stereocenters. The number of halogens is 4. The Balaban J connectivity index is 1.47. The van der Waals surface area contributed by atoms with Crippen LogP contribution in [-0.2, 0) is 6.54 Å². The van der Waals surface area contributed by atoms with Gasteiger partial charge in [-0.1, -0.05) is 17.7 Å². The quantitative estimate of drug-likeness (QED) is 0.624. The van der Waals surface area contributed by atoms with E-state index in [1.54, 1.807) is 17.9 Å². The van der Waals surface area contributed by atoms with E-state index >= 15 is 0 Å². The van der Waals surface area contributed by atoms with Crippen LogP contribution >= 0.6 is 11.6 Å². The highest BCUT2D eigenvalue weighted by Gasteiger charge is 2.27. The average Bonchev–Trinajstić information content (AvgIpc) is 3.13. The number of benzene rings is 1. The molecule has 2 aromatic heterocycles. The second-order valence-electron chi connectivity index (χ2n) is 7.22. The zero-order valence-corrected chi connectivity index (χ0v) is 16.9. The fraction of sp³-hybridized carbons (Fsp3) is 0.350. The zero-order valence-electron chi connectivity index (χ0n) is 16.2. The second-order valence-corrected chi connectivity index (χ2v) is 7.63. The van der Waals surface area contributed by atoms with Gasteiger partial charge in [0.15, 0.2) is 5.65 Å². The Hall–Kier alpha value is -2.65. The summed E-state index contributed by atoms with van der Waals surface area (Å²) >= 11 is 6.10. The summed E-state index contributed by atoms with van der Waals surface area (Å²) in [5, 5.41) is 4.33. The summed E-state index contributed by atoms with van der Waals surface area (Å²) in [5.74, 6) is -0.672. The second kappa shape index (κ2) is 8.23. The lowest BCUT2D eigenvalue weighted by molar-refractivity contribution is 0.0630. The molecular weight excluding hydrogens is 419 g/mol. The van der Waals surface area contributed by atoms with E-state index in [1.807, 2.05) is 0 Å². The van der Waals surface area contributed by atoms with Crippen molar-refractivity contribution in [3.63, 3.8) is 0 Å². The SMILES string of the molecule is Cc1cc(C(F)F)n2ncc(C(=O)N3CCN(Cc4ccc(F)cc4Cl)CC3)c2n1. The van der Waals surface area contributed by atoms with Gasteiger partial charge >= 0.3 is 0 Å².